The highest BCUT2D eigenvalue weighted by molar-refractivity contribution is 9.10. The van der Waals surface area contributed by atoms with Gasteiger partial charge in [-0.15, -0.1) is 0 Å². The van der Waals surface area contributed by atoms with Crippen LogP contribution in [0.1, 0.15) is 37.3 Å². The van der Waals surface area contributed by atoms with E-state index in [-0.39, 0.29) is 0 Å². The molecule has 100 valence electrons. The van der Waals surface area contributed by atoms with Crippen LogP contribution in [0.2, 0.25) is 0 Å². The third-order valence-electron chi connectivity index (χ3n) is 2.78. The number of unbranched alkanes of at least 4 members (excludes halogenated alkanes) is 1. The molecule has 0 radical (unpaired) electrons. The number of hydrogen-bond donors (Lipinski definition) is 1. The van der Waals surface area contributed by atoms with Gasteiger partial charge in [-0.25, -0.2) is 4.79 Å². The van der Waals surface area contributed by atoms with Gasteiger partial charge in [0.25, 0.3) is 0 Å². The van der Waals surface area contributed by atoms with Crippen LogP contribution in [0.3, 0.4) is 0 Å². The monoisotopic (exact) mass is 314 g/mol. The Labute approximate surface area is 116 Å². The molecule has 1 aromatic carbocycles. The molecule has 0 spiro atoms. The van der Waals surface area contributed by atoms with Crippen molar-refractivity contribution in [2.75, 3.05) is 0 Å². The number of benzene rings is 1. The van der Waals surface area contributed by atoms with Crippen molar-refractivity contribution in [3.8, 4) is 5.75 Å². The van der Waals surface area contributed by atoms with Gasteiger partial charge in [-0.1, -0.05) is 29.3 Å². The topological polar surface area (TPSA) is 46.5 Å². The SMILES string of the molecule is CCCCC(Oc1cc(C)c(Br)c(C)c1)C(=O)O. The number of carboxylic acid groups (broad SMARTS) is 1. The van der Waals surface area contributed by atoms with Crippen molar-refractivity contribution >= 4 is 21.9 Å². The van der Waals surface area contributed by atoms with Crippen LogP contribution in [-0.2, 0) is 4.79 Å². The molecule has 0 heterocycles. The van der Waals surface area contributed by atoms with Crippen LogP contribution in [0.4, 0.5) is 0 Å². The van der Waals surface area contributed by atoms with Crippen molar-refractivity contribution in [2.24, 2.45) is 0 Å². The maximum absolute atomic E-state index is 11.1. The van der Waals surface area contributed by atoms with Gasteiger partial charge in [-0.2, -0.15) is 0 Å². The summed E-state index contributed by atoms with van der Waals surface area (Å²) in [7, 11) is 0. The van der Waals surface area contributed by atoms with Crippen LogP contribution in [0.5, 0.6) is 5.75 Å². The molecule has 1 rings (SSSR count). The molecule has 1 atom stereocenters. The lowest BCUT2D eigenvalue weighted by atomic mass is 10.1. The Bertz CT molecular complexity index is 406. The second kappa shape index (κ2) is 6.78. The average molecular weight is 315 g/mol. The van der Waals surface area contributed by atoms with E-state index >= 15 is 0 Å². The Kier molecular flexibility index (Phi) is 5.66. The fraction of sp³-hybridized carbons (Fsp3) is 0.500. The standard InChI is InChI=1S/C14H19BrO3/c1-4-5-6-12(14(16)17)18-11-7-9(2)13(15)10(3)8-11/h7-8,12H,4-6H2,1-3H3,(H,16,17). The molecule has 1 unspecified atom stereocenters. The van der Waals surface area contributed by atoms with Gasteiger partial charge in [0, 0.05) is 4.47 Å². The lowest BCUT2D eigenvalue weighted by molar-refractivity contribution is -0.145. The van der Waals surface area contributed by atoms with E-state index in [0.29, 0.717) is 12.2 Å². The van der Waals surface area contributed by atoms with Gasteiger partial charge < -0.3 is 9.84 Å². The molecule has 0 fully saturated rings. The van der Waals surface area contributed by atoms with E-state index in [4.69, 9.17) is 9.84 Å². The van der Waals surface area contributed by atoms with Gasteiger partial charge >= 0.3 is 5.97 Å². The van der Waals surface area contributed by atoms with Crippen LogP contribution >= 0.6 is 15.9 Å². The van der Waals surface area contributed by atoms with E-state index in [2.05, 4.69) is 15.9 Å². The van der Waals surface area contributed by atoms with Crippen LogP contribution in [0.15, 0.2) is 16.6 Å². The first-order valence-electron chi connectivity index (χ1n) is 6.12. The zero-order valence-electron chi connectivity index (χ0n) is 11.0. The summed E-state index contributed by atoms with van der Waals surface area (Å²) in [6, 6.07) is 3.72. The highest BCUT2D eigenvalue weighted by atomic mass is 79.9. The molecule has 0 aliphatic heterocycles. The highest BCUT2D eigenvalue weighted by Gasteiger charge is 2.19. The molecule has 0 saturated carbocycles. The third-order valence-corrected chi connectivity index (χ3v) is 4.03. The maximum atomic E-state index is 11.1. The molecule has 0 saturated heterocycles. The molecule has 18 heavy (non-hydrogen) atoms. The molecule has 0 bridgehead atoms. The number of carboxylic acids is 1. The van der Waals surface area contributed by atoms with Gasteiger partial charge in [-0.3, -0.25) is 0 Å². The quantitative estimate of drug-likeness (QED) is 0.860. The molecule has 0 amide bonds. The van der Waals surface area contributed by atoms with Gasteiger partial charge in [0.15, 0.2) is 6.10 Å². The minimum absolute atomic E-state index is 0.542. The molecular weight excluding hydrogens is 296 g/mol. The number of ether oxygens (including phenoxy) is 1. The highest BCUT2D eigenvalue weighted by Crippen LogP contribution is 2.27. The zero-order valence-corrected chi connectivity index (χ0v) is 12.6. The number of aliphatic carboxylic acids is 1. The summed E-state index contributed by atoms with van der Waals surface area (Å²) in [6.45, 7) is 5.96. The Morgan fingerprint density at radius 2 is 1.94 bits per heavy atom. The van der Waals surface area contributed by atoms with Crippen LogP contribution in [-0.4, -0.2) is 17.2 Å². The van der Waals surface area contributed by atoms with E-state index in [1.54, 1.807) is 0 Å². The summed E-state index contributed by atoms with van der Waals surface area (Å²) in [6.07, 6.45) is 1.60. The number of carbonyl (C=O) groups is 1. The Balaban J connectivity index is 2.84. The number of halogens is 1. The predicted molar refractivity (Wildman–Crippen MR) is 75.2 cm³/mol. The van der Waals surface area contributed by atoms with Crippen molar-refractivity contribution in [3.05, 3.63) is 27.7 Å². The Hall–Kier alpha value is -1.03. The summed E-state index contributed by atoms with van der Waals surface area (Å²) in [5, 5.41) is 9.12. The maximum Gasteiger partial charge on any atom is 0.344 e. The van der Waals surface area contributed by atoms with E-state index < -0.39 is 12.1 Å². The molecular formula is C14H19BrO3. The van der Waals surface area contributed by atoms with Crippen LogP contribution < -0.4 is 4.74 Å². The van der Waals surface area contributed by atoms with Crippen LogP contribution in [0.25, 0.3) is 0 Å². The molecule has 3 nitrogen and oxygen atoms in total. The van der Waals surface area contributed by atoms with Crippen molar-refractivity contribution in [2.45, 2.75) is 46.1 Å². The lowest BCUT2D eigenvalue weighted by Crippen LogP contribution is -2.26. The molecule has 0 aliphatic rings. The molecule has 1 N–H and O–H groups in total. The smallest absolute Gasteiger partial charge is 0.344 e. The molecule has 4 heteroatoms. The first-order chi connectivity index (χ1) is 8.45. The largest absolute Gasteiger partial charge is 0.479 e. The Morgan fingerprint density at radius 1 is 1.39 bits per heavy atom. The van der Waals surface area contributed by atoms with Crippen molar-refractivity contribution in [1.29, 1.82) is 0 Å². The predicted octanol–water partition coefficient (Wildman–Crippen LogP) is 4.09. The summed E-state index contributed by atoms with van der Waals surface area (Å²) in [4.78, 5) is 11.1. The first-order valence-corrected chi connectivity index (χ1v) is 6.91. The van der Waals surface area contributed by atoms with Crippen molar-refractivity contribution in [1.82, 2.24) is 0 Å². The van der Waals surface area contributed by atoms with Gasteiger partial charge in [-0.05, 0) is 49.9 Å². The van der Waals surface area contributed by atoms with E-state index in [1.165, 1.54) is 0 Å². The summed E-state index contributed by atoms with van der Waals surface area (Å²) in [5.41, 5.74) is 2.09. The summed E-state index contributed by atoms with van der Waals surface area (Å²) in [5.74, 6) is -0.279. The Morgan fingerprint density at radius 3 is 2.39 bits per heavy atom. The normalized spacial score (nSPS) is 12.2. The van der Waals surface area contributed by atoms with E-state index in [9.17, 15) is 4.79 Å². The van der Waals surface area contributed by atoms with Crippen molar-refractivity contribution in [3.63, 3.8) is 0 Å². The minimum Gasteiger partial charge on any atom is -0.479 e. The van der Waals surface area contributed by atoms with Gasteiger partial charge in [0.1, 0.15) is 5.75 Å². The lowest BCUT2D eigenvalue weighted by Gasteiger charge is -2.16. The van der Waals surface area contributed by atoms with Crippen LogP contribution in [0, 0.1) is 13.8 Å². The zero-order chi connectivity index (χ0) is 13.7. The first kappa shape index (κ1) is 15.0. The van der Waals surface area contributed by atoms with Gasteiger partial charge in [0.2, 0.25) is 0 Å². The van der Waals surface area contributed by atoms with E-state index in [1.807, 2.05) is 32.9 Å². The van der Waals surface area contributed by atoms with Gasteiger partial charge in [0.05, 0.1) is 0 Å². The fourth-order valence-electron chi connectivity index (χ4n) is 1.76. The van der Waals surface area contributed by atoms with E-state index in [0.717, 1.165) is 28.4 Å². The molecule has 0 aromatic heterocycles. The molecule has 0 aliphatic carbocycles. The second-order valence-corrected chi connectivity index (χ2v) is 5.25. The average Bonchev–Trinajstić information content (AvgIpc) is 2.30. The fourth-order valence-corrected chi connectivity index (χ4v) is 1.99. The number of rotatable bonds is 6. The third kappa shape index (κ3) is 4.02. The second-order valence-electron chi connectivity index (χ2n) is 4.46. The number of aryl methyl sites for hydroxylation is 2. The minimum atomic E-state index is -0.901. The summed E-state index contributed by atoms with van der Waals surface area (Å²) < 4.78 is 6.61. The molecule has 1 aromatic rings. The van der Waals surface area contributed by atoms with Crippen molar-refractivity contribution < 1.29 is 14.6 Å². The summed E-state index contributed by atoms with van der Waals surface area (Å²) >= 11 is 3.48. The number of hydrogen-bond acceptors (Lipinski definition) is 2.